The quantitative estimate of drug-likeness (QED) is 0.768. The van der Waals surface area contributed by atoms with Crippen LogP contribution < -0.4 is 11.5 Å². The minimum atomic E-state index is -0.321. The van der Waals surface area contributed by atoms with Gasteiger partial charge in [-0.05, 0) is 31.4 Å². The van der Waals surface area contributed by atoms with Gasteiger partial charge in [-0.15, -0.1) is 0 Å². The van der Waals surface area contributed by atoms with Crippen molar-refractivity contribution in [3.63, 3.8) is 0 Å². The summed E-state index contributed by atoms with van der Waals surface area (Å²) in [5, 5.41) is 0. The molecule has 4 N–H and O–H groups in total. The largest absolute Gasteiger partial charge is 0.369 e. The van der Waals surface area contributed by atoms with Crippen LogP contribution in [0.5, 0.6) is 0 Å². The van der Waals surface area contributed by atoms with Crippen molar-refractivity contribution in [2.24, 2.45) is 17.4 Å². The zero-order valence-electron chi connectivity index (χ0n) is 9.29. The van der Waals surface area contributed by atoms with Gasteiger partial charge in [-0.1, -0.05) is 23.8 Å². The third kappa shape index (κ3) is 3.06. The Morgan fingerprint density at radius 1 is 1.40 bits per heavy atom. The molecule has 0 heterocycles. The molecule has 1 amide bonds. The summed E-state index contributed by atoms with van der Waals surface area (Å²) in [6.07, 6.45) is 0.638. The molecule has 0 aromatic heterocycles. The van der Waals surface area contributed by atoms with Crippen molar-refractivity contribution in [3.05, 3.63) is 34.9 Å². The minimum absolute atomic E-state index is 0.259. The van der Waals surface area contributed by atoms with E-state index in [0.717, 1.165) is 5.56 Å². The Hall–Kier alpha value is -1.35. The smallest absolute Gasteiger partial charge is 0.222 e. The SMILES string of the molecule is Cc1ccc(C)c(CC(CN)C(N)=O)c1. The van der Waals surface area contributed by atoms with Crippen molar-refractivity contribution < 1.29 is 4.79 Å². The first kappa shape index (κ1) is 11.7. The van der Waals surface area contributed by atoms with E-state index in [9.17, 15) is 4.79 Å². The molecule has 0 radical (unpaired) electrons. The maximum Gasteiger partial charge on any atom is 0.222 e. The fraction of sp³-hybridized carbons (Fsp3) is 0.417. The van der Waals surface area contributed by atoms with Crippen LogP contribution in [-0.4, -0.2) is 12.5 Å². The first-order chi connectivity index (χ1) is 7.04. The lowest BCUT2D eigenvalue weighted by molar-refractivity contribution is -0.121. The van der Waals surface area contributed by atoms with E-state index >= 15 is 0 Å². The van der Waals surface area contributed by atoms with Crippen LogP contribution >= 0.6 is 0 Å². The van der Waals surface area contributed by atoms with Crippen molar-refractivity contribution in [1.82, 2.24) is 0 Å². The van der Waals surface area contributed by atoms with Crippen LogP contribution in [0, 0.1) is 19.8 Å². The molecule has 0 aliphatic rings. The van der Waals surface area contributed by atoms with Crippen LogP contribution in [0.1, 0.15) is 16.7 Å². The average molecular weight is 206 g/mol. The third-order valence-corrected chi connectivity index (χ3v) is 2.66. The molecule has 0 fully saturated rings. The normalized spacial score (nSPS) is 12.5. The number of rotatable bonds is 4. The summed E-state index contributed by atoms with van der Waals surface area (Å²) >= 11 is 0. The Labute approximate surface area is 90.5 Å². The molecule has 1 rings (SSSR count). The van der Waals surface area contributed by atoms with E-state index in [1.165, 1.54) is 11.1 Å². The predicted molar refractivity (Wildman–Crippen MR) is 61.4 cm³/mol. The molecule has 3 nitrogen and oxygen atoms in total. The highest BCUT2D eigenvalue weighted by molar-refractivity contribution is 5.77. The van der Waals surface area contributed by atoms with Gasteiger partial charge in [0.15, 0.2) is 0 Å². The predicted octanol–water partition coefficient (Wildman–Crippen LogP) is 0.906. The second kappa shape index (κ2) is 4.94. The average Bonchev–Trinajstić information content (AvgIpc) is 2.18. The number of hydrogen-bond donors (Lipinski definition) is 2. The van der Waals surface area contributed by atoms with Crippen LogP contribution in [0.4, 0.5) is 0 Å². The molecule has 0 aliphatic carbocycles. The van der Waals surface area contributed by atoms with Crippen molar-refractivity contribution in [2.75, 3.05) is 6.54 Å². The van der Waals surface area contributed by atoms with Gasteiger partial charge in [-0.2, -0.15) is 0 Å². The van der Waals surface area contributed by atoms with Crippen LogP contribution in [0.3, 0.4) is 0 Å². The van der Waals surface area contributed by atoms with E-state index in [-0.39, 0.29) is 11.8 Å². The summed E-state index contributed by atoms with van der Waals surface area (Å²) in [6.45, 7) is 4.37. The molecular formula is C12H18N2O. The Balaban J connectivity index is 2.87. The number of carbonyl (C=O) groups excluding carboxylic acids is 1. The highest BCUT2D eigenvalue weighted by Gasteiger charge is 2.14. The van der Waals surface area contributed by atoms with Gasteiger partial charge in [0, 0.05) is 6.54 Å². The first-order valence-electron chi connectivity index (χ1n) is 5.10. The lowest BCUT2D eigenvalue weighted by atomic mass is 9.94. The number of hydrogen-bond acceptors (Lipinski definition) is 2. The highest BCUT2D eigenvalue weighted by Crippen LogP contribution is 2.14. The fourth-order valence-electron chi connectivity index (χ4n) is 1.59. The topological polar surface area (TPSA) is 69.1 Å². The first-order valence-corrected chi connectivity index (χ1v) is 5.10. The van der Waals surface area contributed by atoms with Gasteiger partial charge in [0.25, 0.3) is 0 Å². The number of primary amides is 1. The maximum atomic E-state index is 11.1. The molecule has 0 saturated carbocycles. The molecular weight excluding hydrogens is 188 g/mol. The minimum Gasteiger partial charge on any atom is -0.369 e. The molecule has 0 spiro atoms. The van der Waals surface area contributed by atoms with E-state index in [2.05, 4.69) is 18.2 Å². The summed E-state index contributed by atoms with van der Waals surface area (Å²) < 4.78 is 0. The van der Waals surface area contributed by atoms with E-state index in [1.54, 1.807) is 0 Å². The van der Waals surface area contributed by atoms with Crippen LogP contribution in [0.15, 0.2) is 18.2 Å². The number of amides is 1. The third-order valence-electron chi connectivity index (χ3n) is 2.66. The van der Waals surface area contributed by atoms with Gasteiger partial charge in [0.05, 0.1) is 5.92 Å². The second-order valence-corrected chi connectivity index (χ2v) is 3.97. The Kier molecular flexibility index (Phi) is 3.86. The molecule has 82 valence electrons. The summed E-state index contributed by atoms with van der Waals surface area (Å²) in [6, 6.07) is 6.20. The van der Waals surface area contributed by atoms with Gasteiger partial charge in [-0.3, -0.25) is 4.79 Å². The van der Waals surface area contributed by atoms with Crippen molar-refractivity contribution in [2.45, 2.75) is 20.3 Å². The number of carbonyl (C=O) groups is 1. The summed E-state index contributed by atoms with van der Waals surface area (Å²) in [7, 11) is 0. The lowest BCUT2D eigenvalue weighted by Crippen LogP contribution is -2.31. The van der Waals surface area contributed by atoms with E-state index in [4.69, 9.17) is 11.5 Å². The van der Waals surface area contributed by atoms with Crippen LogP contribution in [0.2, 0.25) is 0 Å². The zero-order valence-corrected chi connectivity index (χ0v) is 9.29. The van der Waals surface area contributed by atoms with Crippen molar-refractivity contribution in [3.8, 4) is 0 Å². The molecule has 1 aromatic carbocycles. The fourth-order valence-corrected chi connectivity index (χ4v) is 1.59. The van der Waals surface area contributed by atoms with Gasteiger partial charge in [0.1, 0.15) is 0 Å². The molecule has 1 unspecified atom stereocenters. The standard InChI is InChI=1S/C12H18N2O/c1-8-3-4-9(2)10(5-8)6-11(7-13)12(14)15/h3-5,11H,6-7,13H2,1-2H3,(H2,14,15). The zero-order chi connectivity index (χ0) is 11.4. The highest BCUT2D eigenvalue weighted by atomic mass is 16.1. The second-order valence-electron chi connectivity index (χ2n) is 3.97. The van der Waals surface area contributed by atoms with Crippen LogP contribution in [0.25, 0.3) is 0 Å². The number of benzene rings is 1. The summed E-state index contributed by atoms with van der Waals surface area (Å²) in [4.78, 5) is 11.1. The molecule has 0 saturated heterocycles. The van der Waals surface area contributed by atoms with Gasteiger partial charge in [-0.25, -0.2) is 0 Å². The molecule has 3 heteroatoms. The lowest BCUT2D eigenvalue weighted by Gasteiger charge is -2.13. The van der Waals surface area contributed by atoms with Crippen molar-refractivity contribution in [1.29, 1.82) is 0 Å². The molecule has 15 heavy (non-hydrogen) atoms. The monoisotopic (exact) mass is 206 g/mol. The molecule has 1 atom stereocenters. The van der Waals surface area contributed by atoms with Gasteiger partial charge in [0.2, 0.25) is 5.91 Å². The van der Waals surface area contributed by atoms with Gasteiger partial charge >= 0.3 is 0 Å². The molecule has 0 bridgehead atoms. The van der Waals surface area contributed by atoms with Crippen LogP contribution in [-0.2, 0) is 11.2 Å². The molecule has 0 aliphatic heterocycles. The Bertz CT molecular complexity index is 361. The number of nitrogens with two attached hydrogens (primary N) is 2. The van der Waals surface area contributed by atoms with E-state index in [1.807, 2.05) is 13.8 Å². The summed E-state index contributed by atoms with van der Waals surface area (Å²) in [5.41, 5.74) is 14.3. The van der Waals surface area contributed by atoms with Crippen molar-refractivity contribution >= 4 is 5.91 Å². The summed E-state index contributed by atoms with van der Waals surface area (Å²) in [5.74, 6) is -0.580. The van der Waals surface area contributed by atoms with Gasteiger partial charge < -0.3 is 11.5 Å². The Morgan fingerprint density at radius 2 is 2.07 bits per heavy atom. The number of aryl methyl sites for hydroxylation is 2. The maximum absolute atomic E-state index is 11.1. The molecule has 1 aromatic rings. The van der Waals surface area contributed by atoms with E-state index in [0.29, 0.717) is 13.0 Å². The Morgan fingerprint density at radius 3 is 2.60 bits per heavy atom. The van der Waals surface area contributed by atoms with E-state index < -0.39 is 0 Å².